The molecule has 4 aliphatic heterocycles. The average molecular weight is 521 g/mol. The van der Waals surface area contributed by atoms with Crippen molar-refractivity contribution < 1.29 is 14.4 Å². The van der Waals surface area contributed by atoms with Crippen molar-refractivity contribution in [1.82, 2.24) is 20.1 Å². The Kier molecular flexibility index (Phi) is 6.10. The lowest BCUT2D eigenvalue weighted by atomic mass is 9.94. The molecule has 5 heterocycles. The molecule has 192 valence electrons. The number of aliphatic imine (C=N–C) groups is 1. The van der Waals surface area contributed by atoms with Crippen LogP contribution in [0.3, 0.4) is 0 Å². The summed E-state index contributed by atoms with van der Waals surface area (Å²) in [6.45, 7) is 4.56. The number of hydrogen-bond acceptors (Lipinski definition) is 5. The van der Waals surface area contributed by atoms with E-state index in [2.05, 4.69) is 15.3 Å². The molecule has 4 aliphatic rings. The molecule has 0 unspecified atom stereocenters. The molecule has 2 aromatic rings. The van der Waals surface area contributed by atoms with Crippen molar-refractivity contribution in [1.29, 1.82) is 0 Å². The van der Waals surface area contributed by atoms with Crippen molar-refractivity contribution in [3.05, 3.63) is 57.4 Å². The number of fused-ring (bicyclic) bond motifs is 4. The van der Waals surface area contributed by atoms with Crippen LogP contribution in [-0.4, -0.2) is 70.6 Å². The number of anilines is 1. The summed E-state index contributed by atoms with van der Waals surface area (Å²) in [6.07, 6.45) is 5.63. The van der Waals surface area contributed by atoms with Crippen LogP contribution in [0.5, 0.6) is 0 Å². The molecular formula is C27H29ClN6O3. The van der Waals surface area contributed by atoms with Gasteiger partial charge >= 0.3 is 6.03 Å². The first-order chi connectivity index (χ1) is 17.9. The Hall–Kier alpha value is -3.46. The summed E-state index contributed by atoms with van der Waals surface area (Å²) in [5.41, 5.74) is 5.76. The van der Waals surface area contributed by atoms with Gasteiger partial charge in [-0.1, -0.05) is 11.6 Å². The number of pyridine rings is 1. The van der Waals surface area contributed by atoms with E-state index in [-0.39, 0.29) is 23.9 Å². The number of carbonyl (C=O) groups is 3. The normalized spacial score (nSPS) is 21.1. The van der Waals surface area contributed by atoms with Crippen LogP contribution >= 0.6 is 11.6 Å². The lowest BCUT2D eigenvalue weighted by Crippen LogP contribution is -2.55. The summed E-state index contributed by atoms with van der Waals surface area (Å²) in [5, 5.41) is 3.66. The highest BCUT2D eigenvalue weighted by molar-refractivity contribution is 6.32. The molecule has 0 saturated carbocycles. The smallest absolute Gasteiger partial charge is 0.318 e. The number of likely N-dealkylation sites (N-methyl/N-ethyl adjacent to an activating group) is 1. The lowest BCUT2D eigenvalue weighted by Gasteiger charge is -2.37. The number of amides is 4. The third-order valence-corrected chi connectivity index (χ3v) is 8.33. The number of piperidine rings is 1. The number of carbonyl (C=O) groups excluding carboxylic acids is 3. The number of rotatable bonds is 3. The number of hydrogen-bond donors (Lipinski definition) is 1. The van der Waals surface area contributed by atoms with E-state index in [1.54, 1.807) is 16.0 Å². The maximum atomic E-state index is 13.4. The molecule has 0 spiro atoms. The molecule has 1 atom stereocenters. The minimum absolute atomic E-state index is 0.0369. The second-order valence-electron chi connectivity index (χ2n) is 10.0. The summed E-state index contributed by atoms with van der Waals surface area (Å²) in [7, 11) is 0. The zero-order chi connectivity index (χ0) is 25.7. The van der Waals surface area contributed by atoms with E-state index >= 15 is 0 Å². The van der Waals surface area contributed by atoms with E-state index in [1.807, 2.05) is 36.2 Å². The van der Waals surface area contributed by atoms with E-state index in [1.165, 1.54) is 0 Å². The van der Waals surface area contributed by atoms with E-state index in [0.717, 1.165) is 33.6 Å². The van der Waals surface area contributed by atoms with E-state index in [0.29, 0.717) is 63.4 Å². The van der Waals surface area contributed by atoms with Gasteiger partial charge in [-0.05, 0) is 49.1 Å². The summed E-state index contributed by atoms with van der Waals surface area (Å²) >= 11 is 6.55. The minimum atomic E-state index is -0.669. The second-order valence-corrected chi connectivity index (χ2v) is 10.5. The number of nitrogens with zero attached hydrogens (tertiary/aromatic N) is 5. The highest BCUT2D eigenvalue weighted by Gasteiger charge is 2.38. The van der Waals surface area contributed by atoms with Crippen molar-refractivity contribution >= 4 is 41.3 Å². The van der Waals surface area contributed by atoms with Crippen molar-refractivity contribution in [3.8, 4) is 0 Å². The first kappa shape index (κ1) is 23.9. The van der Waals surface area contributed by atoms with Crippen LogP contribution < -0.4 is 10.2 Å². The standard InChI is InChI=1S/C27H29ClN6O3/c1-2-32-15-20-16(10-21(28)19-14-29-13-18(19)20)11-23(26(32)36)31-27(37)33-8-5-17(6-9-33)34-24-4-3-7-30-22(24)12-25(34)35/h3-4,7,10,13,17,23H,2,5-6,8-9,11-12,14-15H2,1H3,(H,31,37)/t23-/m1/s1. The maximum absolute atomic E-state index is 13.4. The topological polar surface area (TPSA) is 98.2 Å². The quantitative estimate of drug-likeness (QED) is 0.672. The fourth-order valence-electron chi connectivity index (χ4n) is 6.02. The predicted molar refractivity (Wildman–Crippen MR) is 140 cm³/mol. The molecule has 4 amide bonds. The van der Waals surface area contributed by atoms with Crippen molar-refractivity contribution in [2.75, 3.05) is 24.5 Å². The van der Waals surface area contributed by atoms with Gasteiger partial charge in [-0.3, -0.25) is 19.6 Å². The number of aromatic nitrogens is 1. The van der Waals surface area contributed by atoms with Gasteiger partial charge in [0.15, 0.2) is 0 Å². The van der Waals surface area contributed by atoms with Gasteiger partial charge in [0.2, 0.25) is 11.8 Å². The van der Waals surface area contributed by atoms with Crippen molar-refractivity contribution in [2.45, 2.75) is 57.8 Å². The Balaban J connectivity index is 1.15. The summed E-state index contributed by atoms with van der Waals surface area (Å²) in [5.74, 6) is -0.0253. The average Bonchev–Trinajstić information content (AvgIpc) is 3.49. The molecule has 1 N–H and O–H groups in total. The van der Waals surface area contributed by atoms with Gasteiger partial charge in [-0.25, -0.2) is 4.79 Å². The first-order valence-electron chi connectivity index (χ1n) is 12.9. The largest absolute Gasteiger partial charge is 0.337 e. The van der Waals surface area contributed by atoms with Gasteiger partial charge in [0.1, 0.15) is 6.04 Å². The molecule has 37 heavy (non-hydrogen) atoms. The van der Waals surface area contributed by atoms with Crippen LogP contribution in [-0.2, 0) is 35.5 Å². The van der Waals surface area contributed by atoms with Crippen LogP contribution in [0.1, 0.15) is 47.7 Å². The SMILES string of the molecule is CCN1Cc2c(cc(Cl)c3c2C=NC3)C[C@@H](NC(=O)N2CCC(N3C(=O)Cc4ncccc43)CC2)C1=O. The fraction of sp³-hybridized carbons (Fsp3) is 0.444. The molecule has 1 saturated heterocycles. The second kappa shape index (κ2) is 9.45. The highest BCUT2D eigenvalue weighted by Crippen LogP contribution is 2.34. The number of likely N-dealkylation sites (tertiary alicyclic amines) is 1. The van der Waals surface area contributed by atoms with Crippen LogP contribution in [0.25, 0.3) is 0 Å². The zero-order valence-electron chi connectivity index (χ0n) is 20.7. The monoisotopic (exact) mass is 520 g/mol. The molecule has 6 rings (SSSR count). The van der Waals surface area contributed by atoms with Crippen LogP contribution in [0.4, 0.5) is 10.5 Å². The Morgan fingerprint density at radius 3 is 2.81 bits per heavy atom. The van der Waals surface area contributed by atoms with Crippen molar-refractivity contribution in [2.24, 2.45) is 4.99 Å². The third kappa shape index (κ3) is 4.15. The van der Waals surface area contributed by atoms with Gasteiger partial charge in [0.25, 0.3) is 0 Å². The molecule has 1 aromatic carbocycles. The molecule has 1 fully saturated rings. The number of benzene rings is 1. The van der Waals surface area contributed by atoms with Gasteiger partial charge < -0.3 is 20.0 Å². The predicted octanol–water partition coefficient (Wildman–Crippen LogP) is 2.70. The van der Waals surface area contributed by atoms with Crippen molar-refractivity contribution in [3.63, 3.8) is 0 Å². The Morgan fingerprint density at radius 1 is 1.22 bits per heavy atom. The van der Waals surface area contributed by atoms with E-state index < -0.39 is 6.04 Å². The van der Waals surface area contributed by atoms with Crippen LogP contribution in [0, 0.1) is 0 Å². The zero-order valence-corrected chi connectivity index (χ0v) is 21.5. The van der Waals surface area contributed by atoms with Gasteiger partial charge in [0, 0.05) is 67.2 Å². The molecule has 10 heteroatoms. The molecule has 0 bridgehead atoms. The number of nitrogens with one attached hydrogen (secondary N) is 1. The summed E-state index contributed by atoms with van der Waals surface area (Å²) in [4.78, 5) is 53.5. The van der Waals surface area contributed by atoms with Crippen LogP contribution in [0.2, 0.25) is 5.02 Å². The fourth-order valence-corrected chi connectivity index (χ4v) is 6.31. The van der Waals surface area contributed by atoms with Gasteiger partial charge in [-0.15, -0.1) is 0 Å². The Morgan fingerprint density at radius 2 is 2.03 bits per heavy atom. The maximum Gasteiger partial charge on any atom is 0.318 e. The van der Waals surface area contributed by atoms with Crippen LogP contribution in [0.15, 0.2) is 29.4 Å². The molecule has 9 nitrogen and oxygen atoms in total. The Labute approximate surface area is 220 Å². The minimum Gasteiger partial charge on any atom is -0.337 e. The summed E-state index contributed by atoms with van der Waals surface area (Å²) in [6, 6.07) is 4.84. The Bertz CT molecular complexity index is 1320. The van der Waals surface area contributed by atoms with Gasteiger partial charge in [0.05, 0.1) is 24.3 Å². The number of urea groups is 1. The summed E-state index contributed by atoms with van der Waals surface area (Å²) < 4.78 is 0. The lowest BCUT2D eigenvalue weighted by molar-refractivity contribution is -0.133. The third-order valence-electron chi connectivity index (χ3n) is 7.99. The van der Waals surface area contributed by atoms with E-state index in [4.69, 9.17) is 11.6 Å². The van der Waals surface area contributed by atoms with E-state index in [9.17, 15) is 14.4 Å². The molecule has 0 aliphatic carbocycles. The number of halogens is 1. The highest BCUT2D eigenvalue weighted by atomic mass is 35.5. The first-order valence-corrected chi connectivity index (χ1v) is 13.3. The molecule has 1 aromatic heterocycles. The van der Waals surface area contributed by atoms with Gasteiger partial charge in [-0.2, -0.15) is 0 Å². The molecular weight excluding hydrogens is 492 g/mol. The molecule has 0 radical (unpaired) electrons.